The van der Waals surface area contributed by atoms with E-state index in [1.54, 1.807) is 5.57 Å². The van der Waals surface area contributed by atoms with Crippen molar-refractivity contribution >= 4 is 12.6 Å². The van der Waals surface area contributed by atoms with Gasteiger partial charge in [0.15, 0.2) is 0 Å². The van der Waals surface area contributed by atoms with E-state index in [1.807, 2.05) is 0 Å². The smallest absolute Gasteiger partial charge is 0.0119 e. The van der Waals surface area contributed by atoms with Crippen LogP contribution in [0.1, 0.15) is 86.0 Å². The normalized spacial score (nSPS) is 42.7. The summed E-state index contributed by atoms with van der Waals surface area (Å²) in [6, 6.07) is 0. The van der Waals surface area contributed by atoms with Crippen LogP contribution in [0.15, 0.2) is 48.1 Å². The first kappa shape index (κ1) is 22.5. The molecule has 4 aliphatic rings. The number of fused-ring (bicyclic) bond motifs is 1. The van der Waals surface area contributed by atoms with Crippen molar-refractivity contribution in [1.29, 1.82) is 0 Å². The molecule has 2 fully saturated rings. The average Bonchev–Trinajstić information content (AvgIpc) is 3.05. The van der Waals surface area contributed by atoms with Crippen molar-refractivity contribution in [1.82, 2.24) is 0 Å². The van der Waals surface area contributed by atoms with Gasteiger partial charge in [0, 0.05) is 10.7 Å². The van der Waals surface area contributed by atoms with Crippen LogP contribution in [0, 0.1) is 39.9 Å². The molecule has 4 rings (SSSR count). The zero-order valence-corrected chi connectivity index (χ0v) is 21.0. The van der Waals surface area contributed by atoms with Crippen molar-refractivity contribution in [3.63, 3.8) is 0 Å². The first-order valence-corrected chi connectivity index (χ1v) is 13.1. The molecule has 0 amide bonds. The third kappa shape index (κ3) is 3.01. The minimum absolute atomic E-state index is 0.266. The third-order valence-corrected chi connectivity index (χ3v) is 10.6. The van der Waals surface area contributed by atoms with E-state index in [-0.39, 0.29) is 5.41 Å². The van der Waals surface area contributed by atoms with Crippen molar-refractivity contribution in [3.05, 3.63) is 48.1 Å². The van der Waals surface area contributed by atoms with Gasteiger partial charge in [0.05, 0.1) is 0 Å². The van der Waals surface area contributed by atoms with Crippen molar-refractivity contribution in [3.8, 4) is 0 Å². The zero-order valence-electron chi connectivity index (χ0n) is 20.1. The number of thiol groups is 1. The molecule has 0 aromatic rings. The van der Waals surface area contributed by atoms with E-state index < -0.39 is 0 Å². The Hall–Kier alpha value is -0.690. The van der Waals surface area contributed by atoms with Gasteiger partial charge in [-0.1, -0.05) is 75.6 Å². The lowest BCUT2D eigenvalue weighted by Crippen LogP contribution is -2.54. The molecule has 0 heterocycles. The van der Waals surface area contributed by atoms with Crippen LogP contribution in [0.3, 0.4) is 0 Å². The number of hydrogen-bond acceptors (Lipinski definition) is 1. The largest absolute Gasteiger partial charge is 0.175 e. The summed E-state index contributed by atoms with van der Waals surface area (Å²) in [6.07, 6.45) is 17.8. The number of hydrogen-bond donors (Lipinski definition) is 1. The lowest BCUT2D eigenvalue weighted by molar-refractivity contribution is 0.0104. The highest BCUT2D eigenvalue weighted by atomic mass is 32.1. The Labute approximate surface area is 191 Å². The summed E-state index contributed by atoms with van der Waals surface area (Å²) in [7, 11) is 0. The second kappa shape index (κ2) is 7.72. The summed E-state index contributed by atoms with van der Waals surface area (Å²) in [5, 5.41) is 0.604. The van der Waals surface area contributed by atoms with E-state index in [4.69, 9.17) is 12.6 Å². The van der Waals surface area contributed by atoms with Crippen molar-refractivity contribution in [2.75, 3.05) is 0 Å². The fraction of sp³-hybridized carbons (Fsp3) is 0.724. The first-order valence-electron chi connectivity index (χ1n) is 12.6. The summed E-state index contributed by atoms with van der Waals surface area (Å²) >= 11 is 5.14. The molecule has 0 N–H and O–H groups in total. The molecule has 6 unspecified atom stereocenters. The van der Waals surface area contributed by atoms with Gasteiger partial charge < -0.3 is 0 Å². The van der Waals surface area contributed by atoms with Crippen LogP contribution >= 0.6 is 12.6 Å². The molecular formula is C29H44S. The maximum atomic E-state index is 5.14. The van der Waals surface area contributed by atoms with E-state index in [0.717, 1.165) is 12.3 Å². The van der Waals surface area contributed by atoms with E-state index in [0.29, 0.717) is 33.8 Å². The van der Waals surface area contributed by atoms with Gasteiger partial charge >= 0.3 is 0 Å². The molecule has 8 atom stereocenters. The maximum Gasteiger partial charge on any atom is 0.0119 e. The molecule has 0 aliphatic heterocycles. The molecule has 0 saturated heterocycles. The van der Waals surface area contributed by atoms with Crippen molar-refractivity contribution in [2.24, 2.45) is 39.9 Å². The molecule has 0 nitrogen and oxygen atoms in total. The molecule has 1 heteroatoms. The van der Waals surface area contributed by atoms with E-state index in [1.165, 1.54) is 56.1 Å². The predicted octanol–water partition coefficient (Wildman–Crippen LogP) is 8.58. The van der Waals surface area contributed by atoms with Gasteiger partial charge in [0.2, 0.25) is 0 Å². The zero-order chi connectivity index (χ0) is 21.9. The molecule has 166 valence electrons. The van der Waals surface area contributed by atoms with Crippen LogP contribution in [-0.2, 0) is 0 Å². The number of allylic oxidation sites excluding steroid dienone is 6. The minimum Gasteiger partial charge on any atom is -0.175 e. The lowest BCUT2D eigenvalue weighted by atomic mass is 9.43. The highest BCUT2D eigenvalue weighted by Gasteiger charge is 2.79. The monoisotopic (exact) mass is 424 g/mol. The van der Waals surface area contributed by atoms with Crippen LogP contribution in [0.25, 0.3) is 0 Å². The third-order valence-electron chi connectivity index (χ3n) is 9.75. The van der Waals surface area contributed by atoms with Gasteiger partial charge in [-0.05, 0) is 86.4 Å². The number of unbranched alkanes of at least 4 members (excludes halogenated alkanes) is 1. The molecule has 0 spiro atoms. The average molecular weight is 425 g/mol. The Bertz CT molecular complexity index is 780. The standard InChI is InChI=1S/C29H44S/c1-8-10-11-20(5)16-21-12-13-23(21)28(7,29-15-14-24(29)26(29)30)25-18-27(6,17-19(3)4)22(25)9-2/h12-13,18,21-24,26,30H,3,5,8-11,14-17H2,1-2,4,6-7H3/t21?,22?,23?,24-,26?,27?,28-,29?/m1/s1. The highest BCUT2D eigenvalue weighted by molar-refractivity contribution is 7.81. The summed E-state index contributed by atoms with van der Waals surface area (Å²) in [5.74, 6) is 2.86. The number of rotatable bonds is 11. The van der Waals surface area contributed by atoms with Gasteiger partial charge in [0.25, 0.3) is 0 Å². The van der Waals surface area contributed by atoms with Gasteiger partial charge in [-0.25, -0.2) is 0 Å². The molecule has 0 radical (unpaired) electrons. The van der Waals surface area contributed by atoms with E-state index >= 15 is 0 Å². The predicted molar refractivity (Wildman–Crippen MR) is 135 cm³/mol. The Kier molecular flexibility index (Phi) is 5.79. The van der Waals surface area contributed by atoms with Gasteiger partial charge in [-0.15, -0.1) is 6.58 Å². The second-order valence-electron chi connectivity index (χ2n) is 11.7. The molecule has 0 aromatic heterocycles. The minimum atomic E-state index is 0.266. The molecule has 0 bridgehead atoms. The van der Waals surface area contributed by atoms with Gasteiger partial charge in [-0.3, -0.25) is 0 Å². The molecule has 2 saturated carbocycles. The Morgan fingerprint density at radius 2 is 2.00 bits per heavy atom. The van der Waals surface area contributed by atoms with Crippen molar-refractivity contribution in [2.45, 2.75) is 91.2 Å². The van der Waals surface area contributed by atoms with Gasteiger partial charge in [0.1, 0.15) is 0 Å². The molecule has 0 aromatic carbocycles. The summed E-state index contributed by atoms with van der Waals surface area (Å²) in [6.45, 7) is 20.7. The van der Waals surface area contributed by atoms with E-state index in [2.05, 4.69) is 66.0 Å². The summed E-state index contributed by atoms with van der Waals surface area (Å²) < 4.78 is 0. The molecular weight excluding hydrogens is 380 g/mol. The highest BCUT2D eigenvalue weighted by Crippen LogP contribution is 2.83. The molecule has 4 aliphatic carbocycles. The maximum absolute atomic E-state index is 5.14. The summed E-state index contributed by atoms with van der Waals surface area (Å²) in [4.78, 5) is 0. The lowest BCUT2D eigenvalue weighted by Gasteiger charge is -2.61. The molecule has 30 heavy (non-hydrogen) atoms. The first-order chi connectivity index (χ1) is 14.2. The van der Waals surface area contributed by atoms with E-state index in [9.17, 15) is 0 Å². The quantitative estimate of drug-likeness (QED) is 0.249. The van der Waals surface area contributed by atoms with Crippen LogP contribution in [-0.4, -0.2) is 5.25 Å². The SMILES string of the molecule is C=C(C)CC1(C)C=C([C@@](C)(C2C=CC2CC(=C)CCCC)C23CC[C@@H]2C3S)C1CC. The summed E-state index contributed by atoms with van der Waals surface area (Å²) in [5.41, 5.74) is 5.55. The van der Waals surface area contributed by atoms with Crippen LogP contribution in [0.4, 0.5) is 0 Å². The topological polar surface area (TPSA) is 0 Å². The fourth-order valence-corrected chi connectivity index (χ4v) is 8.96. The van der Waals surface area contributed by atoms with Crippen LogP contribution < -0.4 is 0 Å². The van der Waals surface area contributed by atoms with Crippen LogP contribution in [0.2, 0.25) is 0 Å². The Balaban J connectivity index is 1.64. The van der Waals surface area contributed by atoms with Crippen LogP contribution in [0.5, 0.6) is 0 Å². The fourth-order valence-electron chi connectivity index (χ4n) is 8.04. The Morgan fingerprint density at radius 3 is 2.43 bits per heavy atom. The second-order valence-corrected chi connectivity index (χ2v) is 12.2. The Morgan fingerprint density at radius 1 is 1.27 bits per heavy atom. The van der Waals surface area contributed by atoms with Gasteiger partial charge in [-0.2, -0.15) is 12.6 Å². The van der Waals surface area contributed by atoms with Crippen molar-refractivity contribution < 1.29 is 0 Å².